The van der Waals surface area contributed by atoms with Gasteiger partial charge in [-0.2, -0.15) is 5.26 Å². The number of nitriles is 1. The molecule has 0 bridgehead atoms. The molecule has 3 N–H and O–H groups in total. The maximum Gasteiger partial charge on any atom is 0.258 e. The second-order valence-electron chi connectivity index (χ2n) is 5.72. The van der Waals surface area contributed by atoms with Gasteiger partial charge in [-0.3, -0.25) is 4.79 Å². The van der Waals surface area contributed by atoms with Gasteiger partial charge in [0.2, 0.25) is 5.88 Å². The quantitative estimate of drug-likeness (QED) is 0.875. The van der Waals surface area contributed by atoms with Gasteiger partial charge in [-0.15, -0.1) is 0 Å². The van der Waals surface area contributed by atoms with Gasteiger partial charge >= 0.3 is 0 Å². The Balaban J connectivity index is 2.30. The van der Waals surface area contributed by atoms with Gasteiger partial charge in [0.05, 0.1) is 18.1 Å². The van der Waals surface area contributed by atoms with E-state index in [1.165, 1.54) is 4.57 Å². The van der Waals surface area contributed by atoms with Gasteiger partial charge in [-0.25, -0.2) is 0 Å². The number of fused-ring (bicyclic) bond motifs is 1. The van der Waals surface area contributed by atoms with Gasteiger partial charge in [0.1, 0.15) is 17.4 Å². The monoisotopic (exact) mass is 357 g/mol. The molecule has 1 atom stereocenters. The van der Waals surface area contributed by atoms with E-state index in [4.69, 9.17) is 22.1 Å². The Kier molecular flexibility index (Phi) is 4.53. The van der Waals surface area contributed by atoms with E-state index >= 15 is 0 Å². The van der Waals surface area contributed by atoms with Gasteiger partial charge in [-0.1, -0.05) is 23.7 Å². The summed E-state index contributed by atoms with van der Waals surface area (Å²) in [6.07, 6.45) is 0. The van der Waals surface area contributed by atoms with Crippen LogP contribution >= 0.6 is 11.6 Å². The molecule has 0 amide bonds. The summed E-state index contributed by atoms with van der Waals surface area (Å²) in [4.78, 5) is 13.0. The Bertz CT molecular complexity index is 955. The van der Waals surface area contributed by atoms with Crippen molar-refractivity contribution in [2.45, 2.75) is 19.4 Å². The first kappa shape index (κ1) is 17.1. The lowest BCUT2D eigenvalue weighted by atomic mass is 9.84. The molecule has 0 saturated carbocycles. The molecule has 0 aliphatic carbocycles. The first-order chi connectivity index (χ1) is 12.0. The predicted octanol–water partition coefficient (Wildman–Crippen LogP) is 2.02. The summed E-state index contributed by atoms with van der Waals surface area (Å²) in [5.74, 6) is -0.342. The number of aliphatic hydroxyl groups is 1. The number of halogens is 1. The topological polar surface area (TPSA) is 101 Å². The van der Waals surface area contributed by atoms with Crippen LogP contribution in [0.4, 0.5) is 0 Å². The zero-order valence-electron chi connectivity index (χ0n) is 13.5. The van der Waals surface area contributed by atoms with Crippen LogP contribution in [0.2, 0.25) is 5.02 Å². The number of pyridine rings is 1. The number of ether oxygens (including phenoxy) is 1. The predicted molar refractivity (Wildman–Crippen MR) is 93.3 cm³/mol. The normalized spacial score (nSPS) is 16.2. The lowest BCUT2D eigenvalue weighted by Gasteiger charge is -2.27. The Morgan fingerprint density at radius 2 is 2.08 bits per heavy atom. The molecule has 128 valence electrons. The number of allylic oxidation sites excluding steroid dienone is 1. The highest BCUT2D eigenvalue weighted by atomic mass is 35.5. The summed E-state index contributed by atoms with van der Waals surface area (Å²) >= 11 is 5.95. The van der Waals surface area contributed by atoms with Gasteiger partial charge in [-0.05, 0) is 24.6 Å². The molecule has 0 spiro atoms. The number of benzene rings is 1. The van der Waals surface area contributed by atoms with Gasteiger partial charge in [0, 0.05) is 23.3 Å². The Labute approximate surface area is 149 Å². The minimum Gasteiger partial charge on any atom is -0.440 e. The van der Waals surface area contributed by atoms with E-state index in [2.05, 4.69) is 6.07 Å². The molecule has 2 heterocycles. The fourth-order valence-corrected chi connectivity index (χ4v) is 3.18. The summed E-state index contributed by atoms with van der Waals surface area (Å²) in [5, 5.41) is 19.3. The minimum absolute atomic E-state index is 0.0198. The zero-order valence-corrected chi connectivity index (χ0v) is 14.2. The van der Waals surface area contributed by atoms with Crippen molar-refractivity contribution in [2.75, 3.05) is 6.61 Å². The average molecular weight is 358 g/mol. The minimum atomic E-state index is -0.649. The molecule has 1 unspecified atom stereocenters. The van der Waals surface area contributed by atoms with Gasteiger partial charge < -0.3 is 20.1 Å². The van der Waals surface area contributed by atoms with Crippen molar-refractivity contribution in [1.82, 2.24) is 4.57 Å². The van der Waals surface area contributed by atoms with E-state index in [9.17, 15) is 15.2 Å². The molecular formula is C18H16ClN3O3. The smallest absolute Gasteiger partial charge is 0.258 e. The van der Waals surface area contributed by atoms with E-state index in [0.717, 1.165) is 0 Å². The molecule has 1 aromatic carbocycles. The van der Waals surface area contributed by atoms with Crippen molar-refractivity contribution in [3.63, 3.8) is 0 Å². The molecule has 2 aromatic rings. The van der Waals surface area contributed by atoms with Crippen molar-refractivity contribution in [1.29, 1.82) is 5.26 Å². The van der Waals surface area contributed by atoms with E-state index in [-0.39, 0.29) is 30.2 Å². The van der Waals surface area contributed by atoms with E-state index in [1.807, 2.05) is 0 Å². The maximum atomic E-state index is 13.0. The van der Waals surface area contributed by atoms with Gasteiger partial charge in [0.15, 0.2) is 0 Å². The average Bonchev–Trinajstić information content (AvgIpc) is 2.58. The zero-order chi connectivity index (χ0) is 18.1. The van der Waals surface area contributed by atoms with Crippen LogP contribution in [0.15, 0.2) is 46.6 Å². The number of hydrogen-bond donors (Lipinski definition) is 2. The van der Waals surface area contributed by atoms with Crippen molar-refractivity contribution < 1.29 is 9.84 Å². The van der Waals surface area contributed by atoms with Crippen molar-refractivity contribution in [3.8, 4) is 11.8 Å². The fraction of sp³-hybridized carbons (Fsp3) is 0.222. The van der Waals surface area contributed by atoms with E-state index in [0.29, 0.717) is 27.6 Å². The second kappa shape index (κ2) is 6.63. The number of nitrogens with two attached hydrogens (primary N) is 1. The van der Waals surface area contributed by atoms with Crippen LogP contribution in [0.1, 0.15) is 22.7 Å². The summed E-state index contributed by atoms with van der Waals surface area (Å²) < 4.78 is 7.00. The Morgan fingerprint density at radius 1 is 1.40 bits per heavy atom. The van der Waals surface area contributed by atoms with Crippen LogP contribution in [0.3, 0.4) is 0 Å². The number of hydrogen-bond acceptors (Lipinski definition) is 5. The van der Waals surface area contributed by atoms with Crippen LogP contribution in [0.25, 0.3) is 0 Å². The summed E-state index contributed by atoms with van der Waals surface area (Å²) in [5.41, 5.74) is 7.45. The Morgan fingerprint density at radius 3 is 2.68 bits per heavy atom. The summed E-state index contributed by atoms with van der Waals surface area (Å²) in [6.45, 7) is 1.74. The second-order valence-corrected chi connectivity index (χ2v) is 6.16. The molecule has 6 nitrogen and oxygen atoms in total. The van der Waals surface area contributed by atoms with Crippen LogP contribution in [-0.2, 0) is 6.54 Å². The third-order valence-electron chi connectivity index (χ3n) is 4.22. The SMILES string of the molecule is Cc1cc2c(c(=O)n1CCO)C(c1ccc(Cl)cc1)C(C#N)=C(N)O2. The molecule has 1 aromatic heterocycles. The fourth-order valence-electron chi connectivity index (χ4n) is 3.05. The molecule has 0 saturated heterocycles. The van der Waals surface area contributed by atoms with E-state index < -0.39 is 5.92 Å². The molecule has 1 aliphatic heterocycles. The van der Waals surface area contributed by atoms with Crippen molar-refractivity contribution in [2.24, 2.45) is 5.73 Å². The van der Waals surface area contributed by atoms with Crippen LogP contribution in [-0.4, -0.2) is 16.3 Å². The summed E-state index contributed by atoms with van der Waals surface area (Å²) in [6, 6.07) is 10.6. The third-order valence-corrected chi connectivity index (χ3v) is 4.47. The van der Waals surface area contributed by atoms with Gasteiger partial charge in [0.25, 0.3) is 5.56 Å². The maximum absolute atomic E-state index is 13.0. The van der Waals surface area contributed by atoms with E-state index in [1.54, 1.807) is 37.3 Å². The molecule has 25 heavy (non-hydrogen) atoms. The van der Waals surface area contributed by atoms with Crippen LogP contribution in [0.5, 0.6) is 5.75 Å². The van der Waals surface area contributed by atoms with Crippen molar-refractivity contribution in [3.05, 3.63) is 74.0 Å². The van der Waals surface area contributed by atoms with Crippen LogP contribution in [0, 0.1) is 18.3 Å². The molecule has 0 radical (unpaired) electrons. The molecule has 7 heteroatoms. The molecule has 1 aliphatic rings. The number of aryl methyl sites for hydroxylation is 1. The lowest BCUT2D eigenvalue weighted by Crippen LogP contribution is -2.33. The number of rotatable bonds is 3. The molecular weight excluding hydrogens is 342 g/mol. The van der Waals surface area contributed by atoms with Crippen LogP contribution < -0.4 is 16.0 Å². The lowest BCUT2D eigenvalue weighted by molar-refractivity contribution is 0.272. The number of aromatic nitrogens is 1. The highest BCUT2D eigenvalue weighted by molar-refractivity contribution is 6.30. The van der Waals surface area contributed by atoms with Crippen molar-refractivity contribution >= 4 is 11.6 Å². The molecule has 3 rings (SSSR count). The number of aliphatic hydroxyl groups excluding tert-OH is 1. The molecule has 0 fully saturated rings. The Hall–Kier alpha value is -2.75. The summed E-state index contributed by atoms with van der Waals surface area (Å²) in [7, 11) is 0. The first-order valence-corrected chi connectivity index (χ1v) is 8.04. The largest absolute Gasteiger partial charge is 0.440 e. The highest BCUT2D eigenvalue weighted by Gasteiger charge is 2.34. The third kappa shape index (κ3) is 2.88. The number of nitrogens with zero attached hydrogens (tertiary/aromatic N) is 2. The highest BCUT2D eigenvalue weighted by Crippen LogP contribution is 2.40. The standard InChI is InChI=1S/C18H16ClN3O3/c1-10-8-14-16(18(24)22(10)6-7-23)15(13(9-20)17(21)25-14)11-2-4-12(19)5-3-11/h2-5,8,15,23H,6-7,21H2,1H3. The first-order valence-electron chi connectivity index (χ1n) is 7.66.